The van der Waals surface area contributed by atoms with Crippen LogP contribution in [-0.2, 0) is 0 Å². The van der Waals surface area contributed by atoms with Gasteiger partial charge >= 0.3 is 0 Å². The summed E-state index contributed by atoms with van der Waals surface area (Å²) in [6, 6.07) is 7.68. The van der Waals surface area contributed by atoms with Gasteiger partial charge < -0.3 is 11.5 Å². The number of benzene rings is 1. The lowest BCUT2D eigenvalue weighted by atomic mass is 10.2. The molecule has 0 unspecified atom stereocenters. The van der Waals surface area contributed by atoms with Crippen LogP contribution >= 0.6 is 0 Å². The second-order valence-corrected chi connectivity index (χ2v) is 2.31. The van der Waals surface area contributed by atoms with Gasteiger partial charge in [0.15, 0.2) is 0 Å². The summed E-state index contributed by atoms with van der Waals surface area (Å²) in [6.45, 7) is 0.564. The van der Waals surface area contributed by atoms with Gasteiger partial charge in [0.1, 0.15) is 0 Å². The van der Waals surface area contributed by atoms with Crippen LogP contribution in [-0.4, -0.2) is 6.54 Å². The average molecular weight is 148 g/mol. The first-order valence-corrected chi connectivity index (χ1v) is 3.55. The normalized spacial score (nSPS) is 10.6. The van der Waals surface area contributed by atoms with Gasteiger partial charge in [0.05, 0.1) is 0 Å². The molecule has 58 valence electrons. The molecular formula is C9H12N2. The summed E-state index contributed by atoms with van der Waals surface area (Å²) in [7, 11) is 0. The number of rotatable bonds is 2. The highest BCUT2D eigenvalue weighted by Crippen LogP contribution is 2.07. The van der Waals surface area contributed by atoms with Crippen LogP contribution in [0.5, 0.6) is 0 Å². The Morgan fingerprint density at radius 3 is 2.82 bits per heavy atom. The van der Waals surface area contributed by atoms with E-state index in [-0.39, 0.29) is 0 Å². The van der Waals surface area contributed by atoms with E-state index in [1.54, 1.807) is 0 Å². The zero-order valence-corrected chi connectivity index (χ0v) is 6.33. The fourth-order valence-electron chi connectivity index (χ4n) is 0.867. The van der Waals surface area contributed by atoms with Gasteiger partial charge in [-0.25, -0.2) is 0 Å². The summed E-state index contributed by atoms with van der Waals surface area (Å²) in [5, 5.41) is 0. The minimum absolute atomic E-state index is 0.564. The molecule has 0 spiro atoms. The third-order valence-corrected chi connectivity index (χ3v) is 1.36. The first-order valence-electron chi connectivity index (χ1n) is 3.55. The molecule has 0 saturated heterocycles. The van der Waals surface area contributed by atoms with Crippen molar-refractivity contribution in [3.63, 3.8) is 0 Å². The Labute approximate surface area is 66.5 Å². The Hall–Kier alpha value is -1.28. The zero-order chi connectivity index (χ0) is 8.10. The largest absolute Gasteiger partial charge is 0.399 e. The van der Waals surface area contributed by atoms with Gasteiger partial charge in [-0.15, -0.1) is 0 Å². The molecular weight excluding hydrogens is 136 g/mol. The molecule has 0 fully saturated rings. The summed E-state index contributed by atoms with van der Waals surface area (Å²) < 4.78 is 0. The van der Waals surface area contributed by atoms with Crippen LogP contribution in [0, 0.1) is 0 Å². The van der Waals surface area contributed by atoms with E-state index in [9.17, 15) is 0 Å². The minimum atomic E-state index is 0.564. The highest BCUT2D eigenvalue weighted by molar-refractivity contribution is 5.55. The Kier molecular flexibility index (Phi) is 2.69. The van der Waals surface area contributed by atoms with Crippen LogP contribution in [0.1, 0.15) is 5.56 Å². The van der Waals surface area contributed by atoms with Gasteiger partial charge in [-0.05, 0) is 17.7 Å². The molecule has 4 N–H and O–H groups in total. The van der Waals surface area contributed by atoms with E-state index >= 15 is 0 Å². The van der Waals surface area contributed by atoms with E-state index in [0.29, 0.717) is 6.54 Å². The highest BCUT2D eigenvalue weighted by Gasteiger charge is 1.85. The number of hydrogen-bond acceptors (Lipinski definition) is 2. The second kappa shape index (κ2) is 3.78. The minimum Gasteiger partial charge on any atom is -0.399 e. The summed E-state index contributed by atoms with van der Waals surface area (Å²) in [6.07, 6.45) is 3.85. The third kappa shape index (κ3) is 2.43. The Bertz CT molecular complexity index is 253. The molecule has 0 aromatic heterocycles. The number of nitrogens with two attached hydrogens (primary N) is 2. The molecule has 0 atom stereocenters. The summed E-state index contributed by atoms with van der Waals surface area (Å²) in [4.78, 5) is 0. The number of nitrogen functional groups attached to an aromatic ring is 1. The van der Waals surface area contributed by atoms with Crippen LogP contribution in [0.15, 0.2) is 30.3 Å². The molecule has 0 aliphatic rings. The van der Waals surface area contributed by atoms with Crippen molar-refractivity contribution < 1.29 is 0 Å². The molecule has 0 radical (unpaired) electrons. The van der Waals surface area contributed by atoms with E-state index in [1.807, 2.05) is 36.4 Å². The summed E-state index contributed by atoms with van der Waals surface area (Å²) in [5.74, 6) is 0. The first-order chi connectivity index (χ1) is 5.33. The predicted molar refractivity (Wildman–Crippen MR) is 48.9 cm³/mol. The molecule has 0 heterocycles. The fraction of sp³-hybridized carbons (Fsp3) is 0.111. The van der Waals surface area contributed by atoms with Crippen LogP contribution in [0.3, 0.4) is 0 Å². The molecule has 1 aromatic carbocycles. The smallest absolute Gasteiger partial charge is 0.0319 e. The quantitative estimate of drug-likeness (QED) is 0.620. The molecule has 1 aromatic rings. The molecule has 0 aliphatic heterocycles. The number of anilines is 1. The van der Waals surface area contributed by atoms with Crippen molar-refractivity contribution in [3.8, 4) is 0 Å². The molecule has 0 aliphatic carbocycles. The van der Waals surface area contributed by atoms with Crippen molar-refractivity contribution >= 4 is 11.8 Å². The maximum atomic E-state index is 5.57. The maximum absolute atomic E-state index is 5.57. The highest BCUT2D eigenvalue weighted by atomic mass is 14.5. The van der Waals surface area contributed by atoms with Crippen LogP contribution in [0.2, 0.25) is 0 Å². The summed E-state index contributed by atoms with van der Waals surface area (Å²) >= 11 is 0. The second-order valence-electron chi connectivity index (χ2n) is 2.31. The molecule has 0 bridgehead atoms. The van der Waals surface area contributed by atoms with Crippen LogP contribution < -0.4 is 11.5 Å². The molecule has 2 nitrogen and oxygen atoms in total. The number of hydrogen-bond donors (Lipinski definition) is 2. The maximum Gasteiger partial charge on any atom is 0.0319 e. The molecule has 0 amide bonds. The third-order valence-electron chi connectivity index (χ3n) is 1.36. The van der Waals surface area contributed by atoms with E-state index in [2.05, 4.69) is 0 Å². The topological polar surface area (TPSA) is 52.0 Å². The predicted octanol–water partition coefficient (Wildman–Crippen LogP) is 1.24. The van der Waals surface area contributed by atoms with Crippen LogP contribution in [0.25, 0.3) is 6.08 Å². The van der Waals surface area contributed by atoms with Gasteiger partial charge in [-0.1, -0.05) is 24.3 Å². The molecule has 2 heteroatoms. The Morgan fingerprint density at radius 1 is 1.36 bits per heavy atom. The first kappa shape index (κ1) is 7.82. The van der Waals surface area contributed by atoms with Crippen molar-refractivity contribution in [3.05, 3.63) is 35.9 Å². The van der Waals surface area contributed by atoms with E-state index in [1.165, 1.54) is 0 Å². The lowest BCUT2D eigenvalue weighted by molar-refractivity contribution is 1.26. The van der Waals surface area contributed by atoms with Crippen molar-refractivity contribution in [2.45, 2.75) is 0 Å². The van der Waals surface area contributed by atoms with Crippen molar-refractivity contribution in [1.82, 2.24) is 0 Å². The Balaban J connectivity index is 2.79. The van der Waals surface area contributed by atoms with Gasteiger partial charge in [-0.3, -0.25) is 0 Å². The van der Waals surface area contributed by atoms with Gasteiger partial charge in [0.25, 0.3) is 0 Å². The summed E-state index contributed by atoms with van der Waals surface area (Å²) in [5.41, 5.74) is 12.7. The standard InChI is InChI=1S/C9H12N2/c10-6-2-4-8-3-1-5-9(11)7-8/h1-5,7H,6,10-11H2/b4-2-. The fourth-order valence-corrected chi connectivity index (χ4v) is 0.867. The Morgan fingerprint density at radius 2 is 2.18 bits per heavy atom. The SMILES string of the molecule is NC/C=C\c1cccc(N)c1. The van der Waals surface area contributed by atoms with Crippen molar-refractivity contribution in [2.75, 3.05) is 12.3 Å². The lowest BCUT2D eigenvalue weighted by Crippen LogP contribution is -1.92. The van der Waals surface area contributed by atoms with Crippen molar-refractivity contribution in [2.24, 2.45) is 5.73 Å². The molecule has 1 rings (SSSR count). The average Bonchev–Trinajstić information content (AvgIpc) is 2.01. The zero-order valence-electron chi connectivity index (χ0n) is 6.33. The monoisotopic (exact) mass is 148 g/mol. The molecule has 0 saturated carbocycles. The van der Waals surface area contributed by atoms with E-state index < -0.39 is 0 Å². The van der Waals surface area contributed by atoms with E-state index in [0.717, 1.165) is 11.3 Å². The van der Waals surface area contributed by atoms with Gasteiger partial charge in [-0.2, -0.15) is 0 Å². The van der Waals surface area contributed by atoms with E-state index in [4.69, 9.17) is 11.5 Å². The lowest BCUT2D eigenvalue weighted by Gasteiger charge is -1.94. The van der Waals surface area contributed by atoms with Crippen molar-refractivity contribution in [1.29, 1.82) is 0 Å². The van der Waals surface area contributed by atoms with Gasteiger partial charge in [0, 0.05) is 12.2 Å². The van der Waals surface area contributed by atoms with Crippen LogP contribution in [0.4, 0.5) is 5.69 Å². The van der Waals surface area contributed by atoms with Gasteiger partial charge in [0.2, 0.25) is 0 Å². The molecule has 11 heavy (non-hydrogen) atoms.